The third kappa shape index (κ3) is 5.28. The number of nitrogens with zero attached hydrogens (tertiary/aromatic N) is 4. The van der Waals surface area contributed by atoms with E-state index in [2.05, 4.69) is 22.8 Å². The molecule has 2 N–H and O–H groups in total. The molecule has 0 unspecified atom stereocenters. The maximum absolute atomic E-state index is 15.1. The van der Waals surface area contributed by atoms with Gasteiger partial charge in [0, 0.05) is 25.9 Å². The van der Waals surface area contributed by atoms with Crippen LogP contribution < -0.4 is 20.4 Å². The highest BCUT2D eigenvalue weighted by atomic mass is 32.1. The van der Waals surface area contributed by atoms with E-state index in [0.717, 1.165) is 0 Å². The normalized spacial score (nSPS) is 18.9. The summed E-state index contributed by atoms with van der Waals surface area (Å²) in [5.74, 6) is -0.446. The van der Waals surface area contributed by atoms with Gasteiger partial charge in [-0.25, -0.2) is 9.18 Å². The molecule has 8 nitrogen and oxygen atoms in total. The largest absolute Gasteiger partial charge is 0.442 e. The van der Waals surface area contributed by atoms with Gasteiger partial charge in [-0.1, -0.05) is 24.4 Å². The second-order valence-electron chi connectivity index (χ2n) is 8.65. The summed E-state index contributed by atoms with van der Waals surface area (Å²) in [5, 5.41) is 25.5. The topological polar surface area (TPSA) is 104 Å². The zero-order chi connectivity index (χ0) is 25.0. The van der Waals surface area contributed by atoms with Crippen molar-refractivity contribution in [1.82, 2.24) is 5.32 Å². The Bertz CT molecular complexity index is 1220. The lowest BCUT2D eigenvalue weighted by atomic mass is 9.88. The zero-order valence-corrected chi connectivity index (χ0v) is 20.1. The molecule has 0 aromatic heterocycles. The number of carbonyl (C=O) groups is 1. The number of benzene rings is 2. The first-order valence-corrected chi connectivity index (χ1v) is 11.7. The van der Waals surface area contributed by atoms with E-state index in [0.29, 0.717) is 66.6 Å². The quantitative estimate of drug-likeness (QED) is 0.585. The molecule has 35 heavy (non-hydrogen) atoms. The number of carbonyl (C=O) groups excluding carboxylic acids is 1. The smallest absolute Gasteiger partial charge is 0.414 e. The van der Waals surface area contributed by atoms with Crippen LogP contribution in [0.1, 0.15) is 25.3 Å². The molecule has 1 atom stereocenters. The predicted molar refractivity (Wildman–Crippen MR) is 135 cm³/mol. The van der Waals surface area contributed by atoms with Crippen molar-refractivity contribution in [1.29, 1.82) is 10.5 Å². The Kier molecular flexibility index (Phi) is 7.04. The van der Waals surface area contributed by atoms with E-state index >= 15 is 4.39 Å². The van der Waals surface area contributed by atoms with Crippen molar-refractivity contribution in [2.45, 2.75) is 31.4 Å². The van der Waals surface area contributed by atoms with Gasteiger partial charge in [0.2, 0.25) is 0 Å². The monoisotopic (exact) mass is 492 g/mol. The number of hydrogen-bond acceptors (Lipinski definition) is 7. The number of thiocarbonyl (C=S) groups is 1. The van der Waals surface area contributed by atoms with Crippen LogP contribution in [0.5, 0.6) is 0 Å². The highest BCUT2D eigenvalue weighted by Gasteiger charge is 2.37. The van der Waals surface area contributed by atoms with Gasteiger partial charge in [-0.05, 0) is 37.3 Å². The molecular weight excluding hydrogens is 467 g/mol. The van der Waals surface area contributed by atoms with E-state index in [9.17, 15) is 15.3 Å². The van der Waals surface area contributed by atoms with Crippen molar-refractivity contribution in [2.24, 2.45) is 0 Å². The van der Waals surface area contributed by atoms with Crippen molar-refractivity contribution < 1.29 is 13.9 Å². The molecule has 0 aliphatic carbocycles. The van der Waals surface area contributed by atoms with Crippen molar-refractivity contribution in [2.75, 3.05) is 41.3 Å². The number of ether oxygens (including phenoxy) is 1. The maximum atomic E-state index is 15.1. The summed E-state index contributed by atoms with van der Waals surface area (Å²) in [6, 6.07) is 16.3. The highest BCUT2D eigenvalue weighted by Crippen LogP contribution is 2.33. The second-order valence-corrected chi connectivity index (χ2v) is 9.26. The second kappa shape index (κ2) is 10.2. The van der Waals surface area contributed by atoms with Crippen LogP contribution in [-0.4, -0.2) is 48.9 Å². The van der Waals surface area contributed by atoms with Crippen LogP contribution in [0.4, 0.5) is 26.2 Å². The third-order valence-electron chi connectivity index (χ3n) is 6.29. The number of cyclic esters (lactones) is 1. The lowest BCUT2D eigenvalue weighted by molar-refractivity contribution is 0.143. The van der Waals surface area contributed by atoms with Crippen LogP contribution in [0, 0.1) is 28.5 Å². The molecule has 2 aromatic rings. The number of nitrogens with one attached hydrogen (secondary N) is 2. The molecule has 10 heteroatoms. The number of para-hydroxylation sites is 1. The van der Waals surface area contributed by atoms with E-state index in [1.165, 1.54) is 11.0 Å². The standard InChI is InChI=1S/C25H25FN6O2S/c1-17(35)29-14-20-15-32(24(33)34-20)19-6-7-23(21(26)12-19)31-10-8-25(16-28,9-11-31)30-22-5-3-2-4-18(22)13-27/h2-7,12,20,30H,8-11,14-15H2,1H3,(H,29,35)/t20-/m0/s1. The van der Waals surface area contributed by atoms with Crippen LogP contribution in [0.15, 0.2) is 42.5 Å². The first kappa shape index (κ1) is 24.2. The first-order chi connectivity index (χ1) is 16.8. The molecule has 4 rings (SSSR count). The fraction of sp³-hybridized carbons (Fsp3) is 0.360. The Morgan fingerprint density at radius 2 is 2.00 bits per heavy atom. The van der Waals surface area contributed by atoms with Crippen LogP contribution in [-0.2, 0) is 4.74 Å². The van der Waals surface area contributed by atoms with Gasteiger partial charge in [-0.3, -0.25) is 4.90 Å². The molecule has 2 aliphatic rings. The summed E-state index contributed by atoms with van der Waals surface area (Å²) in [6.07, 6.45) is 0.0165. The third-order valence-corrected chi connectivity index (χ3v) is 6.43. The van der Waals surface area contributed by atoms with E-state index in [1.807, 2.05) is 11.0 Å². The Labute approximate surface area is 208 Å². The van der Waals surface area contributed by atoms with Crippen LogP contribution in [0.3, 0.4) is 0 Å². The molecule has 0 saturated carbocycles. The van der Waals surface area contributed by atoms with Crippen molar-refractivity contribution in [3.63, 3.8) is 0 Å². The predicted octanol–water partition coefficient (Wildman–Crippen LogP) is 3.93. The van der Waals surface area contributed by atoms with Gasteiger partial charge in [0.25, 0.3) is 0 Å². The Morgan fingerprint density at radius 1 is 1.26 bits per heavy atom. The Morgan fingerprint density at radius 3 is 2.66 bits per heavy atom. The number of hydrogen-bond donors (Lipinski definition) is 2. The summed E-state index contributed by atoms with van der Waals surface area (Å²) in [4.78, 5) is 16.2. The lowest BCUT2D eigenvalue weighted by Gasteiger charge is -2.39. The van der Waals surface area contributed by atoms with Gasteiger partial charge in [-0.2, -0.15) is 10.5 Å². The average molecular weight is 493 g/mol. The molecule has 2 aliphatic heterocycles. The first-order valence-electron chi connectivity index (χ1n) is 11.3. The minimum atomic E-state index is -0.844. The molecular formula is C25H25FN6O2S. The van der Waals surface area contributed by atoms with Crippen molar-refractivity contribution in [3.05, 3.63) is 53.8 Å². The number of amides is 1. The van der Waals surface area contributed by atoms with Gasteiger partial charge < -0.3 is 20.3 Å². The number of nitriles is 2. The molecule has 0 spiro atoms. The van der Waals surface area contributed by atoms with Crippen LogP contribution in [0.2, 0.25) is 0 Å². The molecule has 180 valence electrons. The van der Waals surface area contributed by atoms with E-state index in [1.54, 1.807) is 37.3 Å². The summed E-state index contributed by atoms with van der Waals surface area (Å²) < 4.78 is 20.5. The summed E-state index contributed by atoms with van der Waals surface area (Å²) in [5.41, 5.74) is 1.09. The van der Waals surface area contributed by atoms with E-state index in [-0.39, 0.29) is 6.10 Å². The molecule has 1 amide bonds. The number of anilines is 3. The van der Waals surface area contributed by atoms with Gasteiger partial charge in [0.15, 0.2) is 0 Å². The summed E-state index contributed by atoms with van der Waals surface area (Å²) >= 11 is 4.99. The molecule has 0 bridgehead atoms. The zero-order valence-electron chi connectivity index (χ0n) is 19.3. The minimum absolute atomic E-state index is 0.303. The molecule has 0 radical (unpaired) electrons. The fourth-order valence-corrected chi connectivity index (χ4v) is 4.44. The fourth-order valence-electron chi connectivity index (χ4n) is 4.36. The van der Waals surface area contributed by atoms with Crippen LogP contribution in [0.25, 0.3) is 0 Å². The SMILES string of the molecule is CC(=S)NC[C@H]1CN(c2ccc(N3CCC(C#N)(Nc4ccccc4C#N)CC3)c(F)c2)C(=O)O1. The maximum Gasteiger partial charge on any atom is 0.414 e. The van der Waals surface area contributed by atoms with Gasteiger partial charge >= 0.3 is 6.09 Å². The Balaban J connectivity index is 1.42. The molecule has 2 saturated heterocycles. The lowest BCUT2D eigenvalue weighted by Crippen LogP contribution is -2.48. The number of halogens is 1. The summed E-state index contributed by atoms with van der Waals surface area (Å²) in [6.45, 7) is 3.38. The van der Waals surface area contributed by atoms with E-state index in [4.69, 9.17) is 17.0 Å². The van der Waals surface area contributed by atoms with Gasteiger partial charge in [-0.15, -0.1) is 0 Å². The molecule has 2 heterocycles. The van der Waals surface area contributed by atoms with E-state index < -0.39 is 17.4 Å². The van der Waals surface area contributed by atoms with Gasteiger partial charge in [0.05, 0.1) is 46.8 Å². The molecule has 2 fully saturated rings. The van der Waals surface area contributed by atoms with Gasteiger partial charge in [0.1, 0.15) is 23.5 Å². The minimum Gasteiger partial charge on any atom is -0.442 e. The molecule has 2 aromatic carbocycles. The number of rotatable bonds is 6. The van der Waals surface area contributed by atoms with Crippen LogP contribution >= 0.6 is 12.2 Å². The number of piperidine rings is 1. The van der Waals surface area contributed by atoms with Crippen molar-refractivity contribution >= 4 is 40.4 Å². The average Bonchev–Trinajstić information content (AvgIpc) is 3.24. The van der Waals surface area contributed by atoms with Crippen molar-refractivity contribution in [3.8, 4) is 12.1 Å². The summed E-state index contributed by atoms with van der Waals surface area (Å²) in [7, 11) is 0. The Hall–Kier alpha value is -3.89. The highest BCUT2D eigenvalue weighted by molar-refractivity contribution is 7.80.